The molecule has 1 aromatic rings. The van der Waals surface area contributed by atoms with E-state index in [1.54, 1.807) is 11.1 Å². The van der Waals surface area contributed by atoms with Crippen molar-refractivity contribution in [3.05, 3.63) is 35.4 Å². The molecular weight excluding hydrogens is 208 g/mol. The molecular formula is C15H22N2. The molecule has 2 heterocycles. The van der Waals surface area contributed by atoms with Gasteiger partial charge in [0.25, 0.3) is 0 Å². The summed E-state index contributed by atoms with van der Waals surface area (Å²) >= 11 is 0. The number of nitrogens with zero attached hydrogens (tertiary/aromatic N) is 1. The SMILES string of the molecule is c1ccc2c(c1)CCN(CCC1CCNC1)C2. The molecule has 0 bridgehead atoms. The molecule has 0 spiro atoms. The molecule has 0 aromatic heterocycles. The lowest BCUT2D eigenvalue weighted by Gasteiger charge is -2.29. The van der Waals surface area contributed by atoms with Gasteiger partial charge < -0.3 is 5.32 Å². The van der Waals surface area contributed by atoms with Crippen molar-refractivity contribution in [1.82, 2.24) is 10.2 Å². The minimum absolute atomic E-state index is 0.923. The van der Waals surface area contributed by atoms with Crippen LogP contribution in [-0.4, -0.2) is 31.1 Å². The van der Waals surface area contributed by atoms with Crippen LogP contribution in [-0.2, 0) is 13.0 Å². The first kappa shape index (κ1) is 11.2. The van der Waals surface area contributed by atoms with E-state index in [2.05, 4.69) is 34.5 Å². The van der Waals surface area contributed by atoms with E-state index in [1.165, 1.54) is 45.4 Å². The van der Waals surface area contributed by atoms with Crippen LogP contribution in [0.15, 0.2) is 24.3 Å². The maximum atomic E-state index is 3.46. The first-order valence-electron chi connectivity index (χ1n) is 6.91. The third-order valence-electron chi connectivity index (χ3n) is 4.23. The van der Waals surface area contributed by atoms with Crippen LogP contribution in [0.3, 0.4) is 0 Å². The maximum absolute atomic E-state index is 3.46. The molecule has 1 atom stereocenters. The summed E-state index contributed by atoms with van der Waals surface area (Å²) in [7, 11) is 0. The number of fused-ring (bicyclic) bond motifs is 1. The topological polar surface area (TPSA) is 15.3 Å². The molecule has 2 aliphatic heterocycles. The second-order valence-electron chi connectivity index (χ2n) is 5.44. The molecule has 1 unspecified atom stereocenters. The average Bonchev–Trinajstić information content (AvgIpc) is 2.89. The molecule has 2 aliphatic rings. The molecule has 0 saturated carbocycles. The van der Waals surface area contributed by atoms with Crippen molar-refractivity contribution in [1.29, 1.82) is 0 Å². The minimum Gasteiger partial charge on any atom is -0.316 e. The van der Waals surface area contributed by atoms with Crippen molar-refractivity contribution in [3.63, 3.8) is 0 Å². The Morgan fingerprint density at radius 2 is 2.12 bits per heavy atom. The van der Waals surface area contributed by atoms with Crippen molar-refractivity contribution < 1.29 is 0 Å². The van der Waals surface area contributed by atoms with Gasteiger partial charge in [0, 0.05) is 13.1 Å². The summed E-state index contributed by atoms with van der Waals surface area (Å²) in [5, 5.41) is 3.46. The van der Waals surface area contributed by atoms with Gasteiger partial charge in [-0.3, -0.25) is 4.90 Å². The Bertz CT molecular complexity index is 369. The van der Waals surface area contributed by atoms with E-state index in [0.29, 0.717) is 0 Å². The van der Waals surface area contributed by atoms with E-state index in [1.807, 2.05) is 0 Å². The Labute approximate surface area is 104 Å². The lowest BCUT2D eigenvalue weighted by molar-refractivity contribution is 0.236. The van der Waals surface area contributed by atoms with E-state index in [9.17, 15) is 0 Å². The fourth-order valence-corrected chi connectivity index (χ4v) is 3.07. The zero-order valence-corrected chi connectivity index (χ0v) is 10.5. The smallest absolute Gasteiger partial charge is 0.0236 e. The molecule has 17 heavy (non-hydrogen) atoms. The quantitative estimate of drug-likeness (QED) is 0.855. The van der Waals surface area contributed by atoms with E-state index in [4.69, 9.17) is 0 Å². The van der Waals surface area contributed by atoms with Gasteiger partial charge in [-0.2, -0.15) is 0 Å². The van der Waals surface area contributed by atoms with Gasteiger partial charge in [-0.15, -0.1) is 0 Å². The van der Waals surface area contributed by atoms with Gasteiger partial charge in [0.15, 0.2) is 0 Å². The fourth-order valence-electron chi connectivity index (χ4n) is 3.07. The summed E-state index contributed by atoms with van der Waals surface area (Å²) in [6.45, 7) is 6.16. The van der Waals surface area contributed by atoms with Crippen LogP contribution >= 0.6 is 0 Å². The minimum atomic E-state index is 0.923. The molecule has 1 N–H and O–H groups in total. The van der Waals surface area contributed by atoms with Crippen LogP contribution < -0.4 is 5.32 Å². The zero-order valence-electron chi connectivity index (χ0n) is 10.5. The predicted octanol–water partition coefficient (Wildman–Crippen LogP) is 2.04. The van der Waals surface area contributed by atoms with Crippen molar-refractivity contribution >= 4 is 0 Å². The monoisotopic (exact) mass is 230 g/mol. The van der Waals surface area contributed by atoms with Crippen LogP contribution in [0.25, 0.3) is 0 Å². The summed E-state index contributed by atoms with van der Waals surface area (Å²) in [5.41, 5.74) is 3.11. The highest BCUT2D eigenvalue weighted by atomic mass is 15.1. The molecule has 92 valence electrons. The second-order valence-corrected chi connectivity index (χ2v) is 5.44. The number of hydrogen-bond acceptors (Lipinski definition) is 2. The molecule has 1 fully saturated rings. The maximum Gasteiger partial charge on any atom is 0.0236 e. The normalized spacial score (nSPS) is 24.8. The van der Waals surface area contributed by atoms with Gasteiger partial charge >= 0.3 is 0 Å². The van der Waals surface area contributed by atoms with E-state index >= 15 is 0 Å². The van der Waals surface area contributed by atoms with Crippen molar-refractivity contribution in [2.24, 2.45) is 5.92 Å². The molecule has 1 saturated heterocycles. The number of rotatable bonds is 3. The van der Waals surface area contributed by atoms with Gasteiger partial charge in [-0.1, -0.05) is 24.3 Å². The van der Waals surface area contributed by atoms with Crippen molar-refractivity contribution in [2.45, 2.75) is 25.8 Å². The Balaban J connectivity index is 1.53. The summed E-state index contributed by atoms with van der Waals surface area (Å²) in [4.78, 5) is 2.63. The van der Waals surface area contributed by atoms with Crippen LogP contribution in [0, 0.1) is 5.92 Å². The fraction of sp³-hybridized carbons (Fsp3) is 0.600. The highest BCUT2D eigenvalue weighted by Gasteiger charge is 2.18. The molecule has 0 amide bonds. The van der Waals surface area contributed by atoms with Crippen LogP contribution in [0.1, 0.15) is 24.0 Å². The van der Waals surface area contributed by atoms with E-state index in [0.717, 1.165) is 12.5 Å². The Morgan fingerprint density at radius 1 is 1.24 bits per heavy atom. The standard InChI is InChI=1S/C15H22N2/c1-2-4-15-12-17(10-7-14(15)3-1)9-6-13-5-8-16-11-13/h1-4,13,16H,5-12H2. The predicted molar refractivity (Wildman–Crippen MR) is 71.0 cm³/mol. The van der Waals surface area contributed by atoms with E-state index < -0.39 is 0 Å². The highest BCUT2D eigenvalue weighted by Crippen LogP contribution is 2.20. The molecule has 0 aliphatic carbocycles. The molecule has 2 heteroatoms. The molecule has 3 rings (SSSR count). The average molecular weight is 230 g/mol. The van der Waals surface area contributed by atoms with Gasteiger partial charge in [-0.25, -0.2) is 0 Å². The Hall–Kier alpha value is -0.860. The van der Waals surface area contributed by atoms with Gasteiger partial charge in [-0.05, 0) is 55.9 Å². The summed E-state index contributed by atoms with van der Waals surface area (Å²) in [6, 6.07) is 8.91. The second kappa shape index (κ2) is 5.19. The Morgan fingerprint density at radius 3 is 2.94 bits per heavy atom. The van der Waals surface area contributed by atoms with Crippen molar-refractivity contribution in [2.75, 3.05) is 26.2 Å². The summed E-state index contributed by atoms with van der Waals surface area (Å²) in [5.74, 6) is 0.923. The van der Waals surface area contributed by atoms with Gasteiger partial charge in [0.05, 0.1) is 0 Å². The number of benzene rings is 1. The third-order valence-corrected chi connectivity index (χ3v) is 4.23. The first-order chi connectivity index (χ1) is 8.42. The summed E-state index contributed by atoms with van der Waals surface area (Å²) < 4.78 is 0. The Kier molecular flexibility index (Phi) is 3.44. The van der Waals surface area contributed by atoms with Crippen molar-refractivity contribution in [3.8, 4) is 0 Å². The third kappa shape index (κ3) is 2.70. The number of hydrogen-bond donors (Lipinski definition) is 1. The largest absolute Gasteiger partial charge is 0.316 e. The lowest BCUT2D eigenvalue weighted by atomic mass is 9.98. The first-order valence-corrected chi connectivity index (χ1v) is 6.91. The molecule has 2 nitrogen and oxygen atoms in total. The zero-order chi connectivity index (χ0) is 11.5. The van der Waals surface area contributed by atoms with Crippen LogP contribution in [0.2, 0.25) is 0 Å². The molecule has 1 aromatic carbocycles. The van der Waals surface area contributed by atoms with Gasteiger partial charge in [0.2, 0.25) is 0 Å². The highest BCUT2D eigenvalue weighted by molar-refractivity contribution is 5.28. The van der Waals surface area contributed by atoms with Crippen LogP contribution in [0.5, 0.6) is 0 Å². The number of nitrogens with one attached hydrogen (secondary N) is 1. The van der Waals surface area contributed by atoms with Gasteiger partial charge in [0.1, 0.15) is 0 Å². The molecule has 0 radical (unpaired) electrons. The summed E-state index contributed by atoms with van der Waals surface area (Å²) in [6.07, 6.45) is 3.98. The van der Waals surface area contributed by atoms with E-state index in [-0.39, 0.29) is 0 Å². The lowest BCUT2D eigenvalue weighted by Crippen LogP contribution is -2.32. The van der Waals surface area contributed by atoms with Crippen LogP contribution in [0.4, 0.5) is 0 Å².